The fourth-order valence-corrected chi connectivity index (χ4v) is 3.23. The van der Waals surface area contributed by atoms with Crippen molar-refractivity contribution in [3.63, 3.8) is 0 Å². The number of hydrogen-bond acceptors (Lipinski definition) is 5. The predicted octanol–water partition coefficient (Wildman–Crippen LogP) is 5.56. The molecule has 1 N–H and O–H groups in total. The summed E-state index contributed by atoms with van der Waals surface area (Å²) < 4.78 is 49.4. The molecule has 0 saturated heterocycles. The van der Waals surface area contributed by atoms with Gasteiger partial charge in [-0.1, -0.05) is 41.9 Å². The van der Waals surface area contributed by atoms with Crippen LogP contribution in [0.1, 0.15) is 22.3 Å². The number of aromatic nitrogens is 2. The van der Waals surface area contributed by atoms with Crippen molar-refractivity contribution in [2.45, 2.75) is 26.3 Å². The first-order chi connectivity index (χ1) is 15.2. The van der Waals surface area contributed by atoms with E-state index in [0.717, 1.165) is 17.7 Å². The van der Waals surface area contributed by atoms with Gasteiger partial charge < -0.3 is 14.8 Å². The molecule has 3 rings (SSSR count). The third-order valence-electron chi connectivity index (χ3n) is 4.70. The zero-order valence-electron chi connectivity index (χ0n) is 17.2. The van der Waals surface area contributed by atoms with Crippen molar-refractivity contribution in [1.29, 1.82) is 0 Å². The van der Waals surface area contributed by atoms with Gasteiger partial charge in [-0.05, 0) is 36.2 Å². The first kappa shape index (κ1) is 23.3. The van der Waals surface area contributed by atoms with Gasteiger partial charge in [0.25, 0.3) is 0 Å². The van der Waals surface area contributed by atoms with E-state index >= 15 is 0 Å². The molecule has 3 aromatic rings. The number of rotatable bonds is 6. The maximum Gasteiger partial charge on any atom is 0.416 e. The monoisotopic (exact) mass is 465 g/mol. The molecule has 0 fully saturated rings. The molecule has 0 aliphatic carbocycles. The molecule has 0 bridgehead atoms. The van der Waals surface area contributed by atoms with Crippen molar-refractivity contribution in [3.8, 4) is 17.0 Å². The van der Waals surface area contributed by atoms with Crippen LogP contribution in [-0.2, 0) is 24.1 Å². The summed E-state index contributed by atoms with van der Waals surface area (Å²) in [7, 11) is 1.27. The van der Waals surface area contributed by atoms with Crippen LogP contribution in [0.2, 0.25) is 5.15 Å². The lowest BCUT2D eigenvalue weighted by Gasteiger charge is -2.16. The van der Waals surface area contributed by atoms with Crippen LogP contribution < -0.4 is 10.1 Å². The summed E-state index contributed by atoms with van der Waals surface area (Å²) in [6.45, 7) is 1.77. The van der Waals surface area contributed by atoms with E-state index in [9.17, 15) is 18.0 Å². The molecule has 0 aliphatic rings. The second kappa shape index (κ2) is 9.86. The van der Waals surface area contributed by atoms with E-state index in [1.165, 1.54) is 13.2 Å². The Balaban J connectivity index is 1.79. The van der Waals surface area contributed by atoms with Crippen LogP contribution in [0.5, 0.6) is 5.75 Å². The van der Waals surface area contributed by atoms with Gasteiger partial charge in [0.1, 0.15) is 18.1 Å². The van der Waals surface area contributed by atoms with Gasteiger partial charge >= 0.3 is 12.3 Å². The molecule has 0 unspecified atom stereocenters. The number of hydrogen-bond donors (Lipinski definition) is 1. The van der Waals surface area contributed by atoms with E-state index in [4.69, 9.17) is 21.1 Å². The highest BCUT2D eigenvalue weighted by atomic mass is 35.5. The SMILES string of the molecule is COc1cc(C(F)(F)F)ccc1-c1nnc(Cl)c(CNC(=O)OCc2ccccc2)c1C. The Morgan fingerprint density at radius 2 is 1.84 bits per heavy atom. The minimum atomic E-state index is -4.51. The second-order valence-electron chi connectivity index (χ2n) is 6.77. The number of alkyl carbamates (subject to hydrolysis) is 1. The Kier molecular flexibility index (Phi) is 7.19. The van der Waals surface area contributed by atoms with Crippen LogP contribution in [0.3, 0.4) is 0 Å². The minimum Gasteiger partial charge on any atom is -0.496 e. The van der Waals surface area contributed by atoms with Gasteiger partial charge in [0, 0.05) is 17.7 Å². The van der Waals surface area contributed by atoms with E-state index in [-0.39, 0.29) is 29.7 Å². The molecule has 0 atom stereocenters. The number of methoxy groups -OCH3 is 1. The lowest BCUT2D eigenvalue weighted by Crippen LogP contribution is -2.24. The van der Waals surface area contributed by atoms with Gasteiger partial charge in [-0.3, -0.25) is 0 Å². The third-order valence-corrected chi connectivity index (χ3v) is 5.00. The van der Waals surface area contributed by atoms with Crippen LogP contribution in [0.25, 0.3) is 11.3 Å². The first-order valence-corrected chi connectivity index (χ1v) is 9.80. The normalized spacial score (nSPS) is 11.2. The molecule has 0 radical (unpaired) electrons. The molecular weight excluding hydrogens is 447 g/mol. The predicted molar refractivity (Wildman–Crippen MR) is 112 cm³/mol. The molecule has 168 valence electrons. The molecule has 1 amide bonds. The van der Waals surface area contributed by atoms with Crippen molar-refractivity contribution in [2.24, 2.45) is 0 Å². The Morgan fingerprint density at radius 3 is 2.50 bits per heavy atom. The van der Waals surface area contributed by atoms with Gasteiger partial charge in [-0.25, -0.2) is 4.79 Å². The molecule has 1 aromatic heterocycles. The van der Waals surface area contributed by atoms with Gasteiger partial charge in [-0.2, -0.15) is 13.2 Å². The number of ether oxygens (including phenoxy) is 2. The number of carbonyl (C=O) groups excluding carboxylic acids is 1. The van der Waals surface area contributed by atoms with Crippen LogP contribution in [0.4, 0.5) is 18.0 Å². The van der Waals surface area contributed by atoms with Gasteiger partial charge in [-0.15, -0.1) is 10.2 Å². The number of alkyl halides is 3. The minimum absolute atomic E-state index is 0.0102. The van der Waals surface area contributed by atoms with E-state index in [2.05, 4.69) is 15.5 Å². The van der Waals surface area contributed by atoms with Crippen molar-refractivity contribution < 1.29 is 27.4 Å². The smallest absolute Gasteiger partial charge is 0.416 e. The number of nitrogens with zero attached hydrogens (tertiary/aromatic N) is 2. The van der Waals surface area contributed by atoms with Gasteiger partial charge in [0.05, 0.1) is 12.7 Å². The zero-order chi connectivity index (χ0) is 23.3. The highest BCUT2D eigenvalue weighted by molar-refractivity contribution is 6.30. The molecule has 10 heteroatoms. The average molecular weight is 466 g/mol. The molecule has 32 heavy (non-hydrogen) atoms. The lowest BCUT2D eigenvalue weighted by atomic mass is 10.0. The summed E-state index contributed by atoms with van der Waals surface area (Å²) in [5.41, 5.74) is 1.58. The third kappa shape index (κ3) is 5.47. The van der Waals surface area contributed by atoms with Crippen LogP contribution in [0, 0.1) is 6.92 Å². The standard InChI is InChI=1S/C22H19ClF3N3O3/c1-13-17(11-27-21(30)32-12-14-6-4-3-5-7-14)20(23)29-28-19(13)16-9-8-15(22(24,25)26)10-18(16)31-2/h3-10H,11-12H2,1-2H3,(H,27,30). The number of amides is 1. The molecule has 6 nitrogen and oxygen atoms in total. The van der Waals surface area contributed by atoms with Crippen molar-refractivity contribution in [2.75, 3.05) is 7.11 Å². The maximum absolute atomic E-state index is 13.0. The first-order valence-electron chi connectivity index (χ1n) is 9.42. The quantitative estimate of drug-likeness (QED) is 0.516. The number of benzene rings is 2. The van der Waals surface area contributed by atoms with Crippen molar-refractivity contribution in [3.05, 3.63) is 75.9 Å². The summed E-state index contributed by atoms with van der Waals surface area (Å²) in [6, 6.07) is 12.3. The Bertz CT molecular complexity index is 1110. The van der Waals surface area contributed by atoms with Crippen LogP contribution in [0.15, 0.2) is 48.5 Å². The molecule has 0 spiro atoms. The lowest BCUT2D eigenvalue weighted by molar-refractivity contribution is -0.137. The highest BCUT2D eigenvalue weighted by Gasteiger charge is 2.31. The van der Waals surface area contributed by atoms with Crippen molar-refractivity contribution >= 4 is 17.7 Å². The van der Waals surface area contributed by atoms with E-state index in [1.807, 2.05) is 30.3 Å². The second-order valence-corrected chi connectivity index (χ2v) is 7.13. The summed E-state index contributed by atoms with van der Waals surface area (Å²) in [6.07, 6.45) is -5.17. The summed E-state index contributed by atoms with van der Waals surface area (Å²) in [4.78, 5) is 12.1. The van der Waals surface area contributed by atoms with E-state index in [1.54, 1.807) is 6.92 Å². The topological polar surface area (TPSA) is 73.3 Å². The summed E-state index contributed by atoms with van der Waals surface area (Å²) in [5.74, 6) is -0.0132. The molecular formula is C22H19ClF3N3O3. The Labute approximate surface area is 187 Å². The number of nitrogens with one attached hydrogen (secondary N) is 1. The Morgan fingerprint density at radius 1 is 1.12 bits per heavy atom. The fourth-order valence-electron chi connectivity index (χ4n) is 2.99. The molecule has 0 aliphatic heterocycles. The largest absolute Gasteiger partial charge is 0.496 e. The van der Waals surface area contributed by atoms with Crippen LogP contribution in [-0.4, -0.2) is 23.4 Å². The Hall–Kier alpha value is -3.33. The molecule has 2 aromatic carbocycles. The molecule has 1 heterocycles. The summed E-state index contributed by atoms with van der Waals surface area (Å²) in [5, 5.41) is 10.6. The fraction of sp³-hybridized carbons (Fsp3) is 0.227. The maximum atomic E-state index is 13.0. The van der Waals surface area contributed by atoms with Crippen LogP contribution >= 0.6 is 11.6 Å². The highest BCUT2D eigenvalue weighted by Crippen LogP contribution is 2.38. The van der Waals surface area contributed by atoms with Crippen molar-refractivity contribution in [1.82, 2.24) is 15.5 Å². The van der Waals surface area contributed by atoms with Gasteiger partial charge in [0.15, 0.2) is 5.15 Å². The molecule has 0 saturated carbocycles. The zero-order valence-corrected chi connectivity index (χ0v) is 17.9. The average Bonchev–Trinajstić information content (AvgIpc) is 2.77. The number of carbonyl (C=O) groups is 1. The van der Waals surface area contributed by atoms with E-state index < -0.39 is 17.8 Å². The number of halogens is 4. The van der Waals surface area contributed by atoms with Gasteiger partial charge in [0.2, 0.25) is 0 Å². The van der Waals surface area contributed by atoms with E-state index in [0.29, 0.717) is 16.7 Å². The summed E-state index contributed by atoms with van der Waals surface area (Å²) >= 11 is 6.16.